The molecule has 15 saturated carbocycles. The molecule has 0 N–H and O–H groups in total. The Labute approximate surface area is 314 Å². The maximum atomic E-state index is 10.8. The van der Waals surface area contributed by atoms with Crippen molar-refractivity contribution >= 4 is 0 Å². The Morgan fingerprint density at radius 3 is 1.43 bits per heavy atom. The number of hydrogen-bond donors (Lipinski definition) is 0. The van der Waals surface area contributed by atoms with Gasteiger partial charge in [-0.2, -0.15) is 42.1 Å². The molecule has 0 aromatic carbocycles. The van der Waals surface area contributed by atoms with Crippen molar-refractivity contribution in [3.8, 4) is 48.6 Å². The molecule has 0 amide bonds. The highest BCUT2D eigenvalue weighted by atomic mass is 14.9. The van der Waals surface area contributed by atoms with Crippen molar-refractivity contribution < 1.29 is 0 Å². The molecule has 0 aromatic heterocycles. The van der Waals surface area contributed by atoms with Gasteiger partial charge in [0.05, 0.1) is 48.6 Å². The highest BCUT2D eigenvalue weighted by Crippen LogP contribution is 2.92. The zero-order valence-electron chi connectivity index (χ0n) is 29.5. The summed E-state index contributed by atoms with van der Waals surface area (Å²) in [5.74, 6) is 10.2. The van der Waals surface area contributed by atoms with Crippen LogP contribution in [0.4, 0.5) is 0 Å². The van der Waals surface area contributed by atoms with Crippen LogP contribution < -0.4 is 0 Å². The summed E-state index contributed by atoms with van der Waals surface area (Å²) in [7, 11) is 0. The van der Waals surface area contributed by atoms with Gasteiger partial charge in [-0.1, -0.05) is 23.8 Å². The van der Waals surface area contributed by atoms with E-state index in [0.717, 1.165) is 12.8 Å². The van der Waals surface area contributed by atoms with Crippen molar-refractivity contribution in [3.63, 3.8) is 0 Å². The van der Waals surface area contributed by atoms with Crippen molar-refractivity contribution in [3.05, 3.63) is 23.8 Å². The minimum Gasteiger partial charge on any atom is -0.196 e. The molecule has 0 radical (unpaired) electrons. The number of hydrogen-bond acceptors (Lipinski definition) is 8. The Bertz CT molecular complexity index is 2380. The highest BCUT2D eigenvalue weighted by molar-refractivity contribution is 5.51. The number of fused-ring (bicyclic) bond motifs is 11. The molecule has 18 aliphatic rings. The second kappa shape index (κ2) is 7.89. The van der Waals surface area contributed by atoms with Gasteiger partial charge in [0.15, 0.2) is 21.7 Å². The minimum absolute atomic E-state index is 0.147. The standard InChI is InChI=1S/C46H36N8/c47-7-43(8-48)23-5-21-29-27-19-3-17-15-1-2-16(18(17)4-20(19)28(27)36-33(23)39(36)41(31(21)29)45(43,11-51)12-52)26-25(15)35-30-22-6-24-34-38(37(26)35)40(34)42(32(22)30)46(13-53,14-54)44(24,9-49)10-50/h1-2,4,15-19,21-42H,3,5-6H2/t15-,16-,17+,18-,19-,21-,22+,23+,24+,25-,26-,27-,28+,29-,30-,31+,32-,33-,34-,35+,36-,37-,38+,39-,40+,41-,42-/m1/s1. The zero-order valence-corrected chi connectivity index (χ0v) is 29.5. The van der Waals surface area contributed by atoms with Gasteiger partial charge >= 0.3 is 0 Å². The zero-order chi connectivity index (χ0) is 36.1. The van der Waals surface area contributed by atoms with E-state index in [4.69, 9.17) is 0 Å². The molecule has 18 aliphatic carbocycles. The number of allylic oxidation sites excluding steroid dienone is 4. The fraction of sp³-hybridized carbons (Fsp3) is 0.739. The van der Waals surface area contributed by atoms with Gasteiger partial charge in [-0.05, 0) is 167 Å². The lowest BCUT2D eigenvalue weighted by atomic mass is 9.35. The molecule has 8 heteroatoms. The van der Waals surface area contributed by atoms with Crippen LogP contribution >= 0.6 is 0 Å². The summed E-state index contributed by atoms with van der Waals surface area (Å²) in [6.45, 7) is 0. The van der Waals surface area contributed by atoms with E-state index in [1.54, 1.807) is 5.57 Å². The van der Waals surface area contributed by atoms with E-state index in [9.17, 15) is 42.1 Å². The molecule has 18 rings (SSSR count). The molecule has 0 spiro atoms. The van der Waals surface area contributed by atoms with Crippen molar-refractivity contribution in [1.82, 2.24) is 0 Å². The Morgan fingerprint density at radius 2 is 0.852 bits per heavy atom. The lowest BCUT2D eigenvalue weighted by Crippen LogP contribution is -2.65. The third-order valence-corrected chi connectivity index (χ3v) is 22.4. The van der Waals surface area contributed by atoms with E-state index < -0.39 is 21.7 Å². The topological polar surface area (TPSA) is 190 Å². The summed E-state index contributed by atoms with van der Waals surface area (Å²) in [6.07, 6.45) is 10.9. The molecular weight excluding hydrogens is 665 g/mol. The maximum absolute atomic E-state index is 10.8. The monoisotopic (exact) mass is 700 g/mol. The van der Waals surface area contributed by atoms with E-state index >= 15 is 0 Å². The molecule has 27 atom stereocenters. The summed E-state index contributed by atoms with van der Waals surface area (Å²) in [6, 6.07) is 19.0. The van der Waals surface area contributed by atoms with Crippen LogP contribution in [0, 0.1) is 272 Å². The average Bonchev–Trinajstić information content (AvgIpc) is 4.04. The molecule has 0 aliphatic heterocycles. The van der Waals surface area contributed by atoms with Crippen molar-refractivity contribution in [2.75, 3.05) is 0 Å². The summed E-state index contributed by atoms with van der Waals surface area (Å²) in [4.78, 5) is 0. The fourth-order valence-electron chi connectivity index (χ4n) is 21.6. The van der Waals surface area contributed by atoms with Gasteiger partial charge in [-0.15, -0.1) is 0 Å². The second-order valence-corrected chi connectivity index (χ2v) is 21.7. The van der Waals surface area contributed by atoms with E-state index in [2.05, 4.69) is 66.8 Å². The first-order valence-corrected chi connectivity index (χ1v) is 21.1. The van der Waals surface area contributed by atoms with Gasteiger partial charge in [0.25, 0.3) is 0 Å². The molecule has 260 valence electrons. The Hall–Kier alpha value is -4.60. The van der Waals surface area contributed by atoms with Crippen molar-refractivity contribution in [2.24, 2.45) is 181 Å². The largest absolute Gasteiger partial charge is 0.196 e. The third kappa shape index (κ3) is 2.22. The number of nitriles is 8. The van der Waals surface area contributed by atoms with Gasteiger partial charge in [0.2, 0.25) is 0 Å². The predicted molar refractivity (Wildman–Crippen MR) is 180 cm³/mol. The maximum Gasteiger partial charge on any atom is 0.179 e. The quantitative estimate of drug-likeness (QED) is 0.291. The molecule has 0 aromatic rings. The predicted octanol–water partition coefficient (Wildman–Crippen LogP) is 5.61. The van der Waals surface area contributed by atoms with E-state index in [0.29, 0.717) is 124 Å². The summed E-state index contributed by atoms with van der Waals surface area (Å²) in [5.41, 5.74) is -4.50. The molecule has 0 unspecified atom stereocenters. The molecule has 15 fully saturated rings. The van der Waals surface area contributed by atoms with Gasteiger partial charge in [-0.25, -0.2) is 0 Å². The van der Waals surface area contributed by atoms with Crippen molar-refractivity contribution in [1.29, 1.82) is 42.1 Å². The van der Waals surface area contributed by atoms with Crippen LogP contribution in [0.5, 0.6) is 0 Å². The average molecular weight is 701 g/mol. The SMILES string of the molecule is N#CC1(C#N)[C@H]2[C@@H]3[C@@H]4[C@@H]5[C@@H]6[C@@H]7C=C[C@H]([C@@H]8C[C@@H]9C(=C[C@H]78)[C@@H]7[C@H]8[C@H]%10[C@@H]8[C@@H]8C[C@@H]%11[C@H]([C@@H]79)[C@H]%11[C@H]%10C(C#N)(C#N)C8(C#N)C#N)[C@H]6[C@H]5[C@@H]5[C@H](C[C@@H]([C@H]43)C1(C#N)C#N)[C@H]52. The van der Waals surface area contributed by atoms with Gasteiger partial charge in [0, 0.05) is 11.8 Å². The van der Waals surface area contributed by atoms with Crippen LogP contribution in [0.2, 0.25) is 0 Å². The first kappa shape index (κ1) is 28.8. The molecule has 8 nitrogen and oxygen atoms in total. The Morgan fingerprint density at radius 1 is 0.389 bits per heavy atom. The van der Waals surface area contributed by atoms with Crippen LogP contribution in [0.1, 0.15) is 19.3 Å². The van der Waals surface area contributed by atoms with Gasteiger partial charge in [-0.3, -0.25) is 0 Å². The van der Waals surface area contributed by atoms with Crippen LogP contribution in [0.3, 0.4) is 0 Å². The third-order valence-electron chi connectivity index (χ3n) is 22.4. The highest BCUT2D eigenvalue weighted by Gasteiger charge is 2.92. The fourth-order valence-corrected chi connectivity index (χ4v) is 21.6. The molecular formula is C46H36N8. The lowest BCUT2D eigenvalue weighted by Gasteiger charge is -2.69. The van der Waals surface area contributed by atoms with E-state index in [1.165, 1.54) is 6.42 Å². The smallest absolute Gasteiger partial charge is 0.179 e. The molecule has 54 heavy (non-hydrogen) atoms. The van der Waals surface area contributed by atoms with Crippen LogP contribution in [-0.2, 0) is 0 Å². The van der Waals surface area contributed by atoms with E-state index in [-0.39, 0.29) is 35.5 Å². The van der Waals surface area contributed by atoms with Gasteiger partial charge < -0.3 is 0 Å². The van der Waals surface area contributed by atoms with Crippen LogP contribution in [-0.4, -0.2) is 0 Å². The Balaban J connectivity index is 0.813. The van der Waals surface area contributed by atoms with Gasteiger partial charge in [0.1, 0.15) is 0 Å². The second-order valence-electron chi connectivity index (χ2n) is 21.7. The first-order valence-electron chi connectivity index (χ1n) is 21.1. The molecule has 0 heterocycles. The summed E-state index contributed by atoms with van der Waals surface area (Å²) < 4.78 is 0. The first-order chi connectivity index (χ1) is 26.4. The normalized spacial score (nSPS) is 64.7. The summed E-state index contributed by atoms with van der Waals surface area (Å²) in [5, 5.41) is 85.5. The number of rotatable bonds is 0. The molecule has 0 saturated heterocycles. The van der Waals surface area contributed by atoms with Crippen LogP contribution in [0.15, 0.2) is 23.8 Å². The summed E-state index contributed by atoms with van der Waals surface area (Å²) >= 11 is 0. The number of nitrogens with zero attached hydrogens (tertiary/aromatic N) is 8. The Kier molecular flexibility index (Phi) is 4.21. The minimum atomic E-state index is -1.54. The van der Waals surface area contributed by atoms with Crippen molar-refractivity contribution in [2.45, 2.75) is 19.3 Å². The van der Waals surface area contributed by atoms with E-state index in [1.807, 2.05) is 0 Å². The molecule has 10 bridgehead atoms. The lowest BCUT2D eigenvalue weighted by molar-refractivity contribution is -0.176. The van der Waals surface area contributed by atoms with Crippen LogP contribution in [0.25, 0.3) is 0 Å².